The zero-order valence-electron chi connectivity index (χ0n) is 15.9. The van der Waals surface area contributed by atoms with E-state index in [2.05, 4.69) is 9.46 Å². The van der Waals surface area contributed by atoms with Crippen LogP contribution in [-0.2, 0) is 30.8 Å². The molecule has 1 atom stereocenters. The van der Waals surface area contributed by atoms with Crippen molar-refractivity contribution in [2.45, 2.75) is 17.7 Å². The molecular weight excluding hydrogens is 439 g/mol. The van der Waals surface area contributed by atoms with Gasteiger partial charge in [0.15, 0.2) is 0 Å². The van der Waals surface area contributed by atoms with E-state index in [-0.39, 0.29) is 17.2 Å². The first-order valence-corrected chi connectivity index (χ1v) is 10.6. The van der Waals surface area contributed by atoms with E-state index in [0.29, 0.717) is 11.4 Å². The van der Waals surface area contributed by atoms with Gasteiger partial charge in [0.1, 0.15) is 12.3 Å². The standard InChI is InChI=1S/C19H20ClFN2O6S/c1-28-17(24)12-22-19(25)18(21)29-15-6-2-13(3-7-15)10-11-23-30(26,27)16-8-4-14(20)5-9-16/h2-9,18,23H,10-12H2,1H3,(H,22,25). The van der Waals surface area contributed by atoms with E-state index in [9.17, 15) is 22.4 Å². The molecule has 30 heavy (non-hydrogen) atoms. The third kappa shape index (κ3) is 7.29. The number of hydrogen-bond donors (Lipinski definition) is 2. The van der Waals surface area contributed by atoms with Gasteiger partial charge in [-0.3, -0.25) is 9.59 Å². The third-order valence-electron chi connectivity index (χ3n) is 3.83. The van der Waals surface area contributed by atoms with Gasteiger partial charge in [0.2, 0.25) is 10.0 Å². The highest BCUT2D eigenvalue weighted by molar-refractivity contribution is 7.89. The minimum atomic E-state index is -3.65. The number of methoxy groups -OCH3 is 1. The molecule has 0 radical (unpaired) electrons. The maximum absolute atomic E-state index is 13.8. The number of sulfonamides is 1. The molecule has 0 aliphatic rings. The zero-order chi connectivity index (χ0) is 22.1. The molecule has 0 aromatic heterocycles. The molecule has 0 heterocycles. The van der Waals surface area contributed by atoms with Crippen LogP contribution in [0.1, 0.15) is 5.56 Å². The van der Waals surface area contributed by atoms with Gasteiger partial charge in [-0.2, -0.15) is 4.39 Å². The Bertz CT molecular complexity index is 968. The molecule has 0 spiro atoms. The van der Waals surface area contributed by atoms with Crippen molar-refractivity contribution >= 4 is 33.5 Å². The van der Waals surface area contributed by atoms with E-state index in [4.69, 9.17) is 16.3 Å². The van der Waals surface area contributed by atoms with Gasteiger partial charge in [-0.05, 0) is 48.4 Å². The SMILES string of the molecule is COC(=O)CNC(=O)C(F)Oc1ccc(CCNS(=O)(=O)c2ccc(Cl)cc2)cc1. The van der Waals surface area contributed by atoms with E-state index >= 15 is 0 Å². The topological polar surface area (TPSA) is 111 Å². The number of carbonyl (C=O) groups excluding carboxylic acids is 2. The fourth-order valence-corrected chi connectivity index (χ4v) is 3.40. The maximum atomic E-state index is 13.8. The first-order chi connectivity index (χ1) is 14.2. The molecular formula is C19H20ClFN2O6S. The van der Waals surface area contributed by atoms with Crippen molar-refractivity contribution in [3.63, 3.8) is 0 Å². The molecule has 162 valence electrons. The van der Waals surface area contributed by atoms with Crippen LogP contribution in [-0.4, -0.2) is 46.9 Å². The summed E-state index contributed by atoms with van der Waals surface area (Å²) < 4.78 is 49.9. The van der Waals surface area contributed by atoms with E-state index in [1.54, 1.807) is 12.1 Å². The van der Waals surface area contributed by atoms with Crippen molar-refractivity contribution in [3.05, 3.63) is 59.1 Å². The largest absolute Gasteiger partial charge is 0.468 e. The fraction of sp³-hybridized carbons (Fsp3) is 0.263. The number of rotatable bonds is 10. The van der Waals surface area contributed by atoms with Crippen LogP contribution < -0.4 is 14.8 Å². The molecule has 0 saturated heterocycles. The normalized spacial score (nSPS) is 12.1. The zero-order valence-corrected chi connectivity index (χ0v) is 17.5. The lowest BCUT2D eigenvalue weighted by molar-refractivity contribution is -0.143. The average molecular weight is 459 g/mol. The van der Waals surface area contributed by atoms with Gasteiger partial charge < -0.3 is 14.8 Å². The predicted octanol–water partition coefficient (Wildman–Crippen LogP) is 1.82. The number of halogens is 2. The molecule has 0 aliphatic heterocycles. The van der Waals surface area contributed by atoms with Crippen molar-refractivity contribution in [3.8, 4) is 5.75 Å². The van der Waals surface area contributed by atoms with E-state index in [0.717, 1.165) is 12.7 Å². The summed E-state index contributed by atoms with van der Waals surface area (Å²) in [5.41, 5.74) is 0.770. The molecule has 11 heteroatoms. The lowest BCUT2D eigenvalue weighted by atomic mass is 10.1. The summed E-state index contributed by atoms with van der Waals surface area (Å²) in [4.78, 5) is 22.5. The van der Waals surface area contributed by atoms with Gasteiger partial charge in [0.25, 0.3) is 5.91 Å². The Morgan fingerprint density at radius 3 is 2.33 bits per heavy atom. The predicted molar refractivity (Wildman–Crippen MR) is 107 cm³/mol. The van der Waals surface area contributed by atoms with Crippen LogP contribution >= 0.6 is 11.6 Å². The van der Waals surface area contributed by atoms with Gasteiger partial charge in [-0.15, -0.1) is 0 Å². The molecule has 2 aromatic carbocycles. The van der Waals surface area contributed by atoms with Gasteiger partial charge in [0, 0.05) is 11.6 Å². The number of esters is 1. The average Bonchev–Trinajstić information content (AvgIpc) is 2.73. The second kappa shape index (κ2) is 10.9. The number of benzene rings is 2. The summed E-state index contributed by atoms with van der Waals surface area (Å²) in [5.74, 6) is -1.73. The first-order valence-electron chi connectivity index (χ1n) is 8.70. The Labute approximate surface area is 178 Å². The summed E-state index contributed by atoms with van der Waals surface area (Å²) >= 11 is 5.75. The summed E-state index contributed by atoms with van der Waals surface area (Å²) in [6, 6.07) is 11.9. The van der Waals surface area contributed by atoms with Crippen LogP contribution in [0.4, 0.5) is 4.39 Å². The number of amides is 1. The highest BCUT2D eigenvalue weighted by atomic mass is 35.5. The summed E-state index contributed by atoms with van der Waals surface area (Å²) in [5, 5.41) is 2.48. The molecule has 2 N–H and O–H groups in total. The van der Waals surface area contributed by atoms with Crippen molar-refractivity contribution in [2.75, 3.05) is 20.2 Å². The van der Waals surface area contributed by atoms with Gasteiger partial charge in [-0.1, -0.05) is 23.7 Å². The van der Waals surface area contributed by atoms with Gasteiger partial charge in [-0.25, -0.2) is 13.1 Å². The van der Waals surface area contributed by atoms with E-state index < -0.39 is 34.8 Å². The highest BCUT2D eigenvalue weighted by Gasteiger charge is 2.20. The molecule has 8 nitrogen and oxygen atoms in total. The molecule has 0 saturated carbocycles. The van der Waals surface area contributed by atoms with Crippen molar-refractivity contribution in [1.82, 2.24) is 10.0 Å². The van der Waals surface area contributed by atoms with Gasteiger partial charge >= 0.3 is 12.3 Å². The first kappa shape index (κ1) is 23.6. The number of alkyl halides is 1. The summed E-state index contributed by atoms with van der Waals surface area (Å²) in [6.45, 7) is -0.323. The third-order valence-corrected chi connectivity index (χ3v) is 5.56. The lowest BCUT2D eigenvalue weighted by Crippen LogP contribution is -2.38. The van der Waals surface area contributed by atoms with Crippen LogP contribution in [0.2, 0.25) is 5.02 Å². The molecule has 0 bridgehead atoms. The minimum absolute atomic E-state index is 0.0983. The molecule has 0 fully saturated rings. The lowest BCUT2D eigenvalue weighted by Gasteiger charge is -2.12. The Balaban J connectivity index is 1.82. The van der Waals surface area contributed by atoms with E-state index in [1.165, 1.54) is 36.4 Å². The van der Waals surface area contributed by atoms with Crippen molar-refractivity contribution < 1.29 is 31.9 Å². The maximum Gasteiger partial charge on any atom is 0.325 e. The summed E-state index contributed by atoms with van der Waals surface area (Å²) in [7, 11) is -2.51. The molecule has 2 rings (SSSR count). The molecule has 1 amide bonds. The van der Waals surface area contributed by atoms with Crippen LogP contribution in [0.3, 0.4) is 0 Å². The second-order valence-corrected chi connectivity index (χ2v) is 8.18. The number of ether oxygens (including phenoxy) is 2. The van der Waals surface area contributed by atoms with Crippen molar-refractivity contribution in [1.29, 1.82) is 0 Å². The van der Waals surface area contributed by atoms with Gasteiger partial charge in [0.05, 0.1) is 12.0 Å². The van der Waals surface area contributed by atoms with E-state index in [1.807, 2.05) is 5.32 Å². The monoisotopic (exact) mass is 458 g/mol. The molecule has 0 aliphatic carbocycles. The van der Waals surface area contributed by atoms with Crippen LogP contribution in [0.25, 0.3) is 0 Å². The Kier molecular flexibility index (Phi) is 8.58. The highest BCUT2D eigenvalue weighted by Crippen LogP contribution is 2.16. The van der Waals surface area contributed by atoms with Crippen molar-refractivity contribution in [2.24, 2.45) is 0 Å². The Morgan fingerprint density at radius 2 is 1.73 bits per heavy atom. The number of nitrogens with one attached hydrogen (secondary N) is 2. The van der Waals surface area contributed by atoms with Crippen LogP contribution in [0.5, 0.6) is 5.75 Å². The fourth-order valence-electron chi connectivity index (χ4n) is 2.25. The number of hydrogen-bond acceptors (Lipinski definition) is 6. The number of carbonyl (C=O) groups is 2. The quantitative estimate of drug-likeness (QED) is 0.525. The Hall–Kier alpha value is -2.69. The summed E-state index contributed by atoms with van der Waals surface area (Å²) in [6.07, 6.45) is -1.92. The molecule has 1 unspecified atom stereocenters. The molecule has 2 aromatic rings. The Morgan fingerprint density at radius 1 is 1.10 bits per heavy atom. The minimum Gasteiger partial charge on any atom is -0.468 e. The second-order valence-electron chi connectivity index (χ2n) is 5.97. The van der Waals surface area contributed by atoms with Crippen LogP contribution in [0.15, 0.2) is 53.4 Å². The van der Waals surface area contributed by atoms with Crippen LogP contribution in [0, 0.1) is 0 Å². The smallest absolute Gasteiger partial charge is 0.325 e.